The van der Waals surface area contributed by atoms with E-state index in [2.05, 4.69) is 10.2 Å². The molecule has 1 heterocycles. The van der Waals surface area contributed by atoms with Crippen molar-refractivity contribution in [3.63, 3.8) is 0 Å². The Morgan fingerprint density at radius 3 is 2.53 bits per heavy atom. The van der Waals surface area contributed by atoms with Gasteiger partial charge in [-0.05, 0) is 51.0 Å². The van der Waals surface area contributed by atoms with E-state index in [-0.39, 0.29) is 6.04 Å². The fourth-order valence-electron chi connectivity index (χ4n) is 2.48. The third-order valence-electron chi connectivity index (χ3n) is 3.78. The van der Waals surface area contributed by atoms with Crippen LogP contribution in [0.5, 0.6) is 0 Å². The number of hydrogen-bond donors (Lipinski definition) is 1. The van der Waals surface area contributed by atoms with E-state index < -0.39 is 0 Å². The second kappa shape index (κ2) is 3.78. The van der Waals surface area contributed by atoms with Crippen molar-refractivity contribution >= 4 is 5.91 Å². The summed E-state index contributed by atoms with van der Waals surface area (Å²) in [5.41, 5.74) is 0. The summed E-state index contributed by atoms with van der Waals surface area (Å²) in [6.45, 7) is 2.07. The molecule has 0 aromatic rings. The normalized spacial score (nSPS) is 30.5. The number of nitrogens with zero attached hydrogens (tertiary/aromatic N) is 1. The first kappa shape index (κ1) is 9.64. The van der Waals surface area contributed by atoms with E-state index >= 15 is 0 Å². The number of hydrogen-bond acceptors (Lipinski definition) is 2. The Hall–Kier alpha value is -0.570. The average molecular weight is 208 g/mol. The maximum atomic E-state index is 12.3. The summed E-state index contributed by atoms with van der Waals surface area (Å²) in [4.78, 5) is 14.4. The lowest BCUT2D eigenvalue weighted by molar-refractivity contribution is -0.133. The van der Waals surface area contributed by atoms with Gasteiger partial charge in [0.1, 0.15) is 0 Å². The number of rotatable bonds is 4. The van der Waals surface area contributed by atoms with E-state index in [0.717, 1.165) is 25.4 Å². The van der Waals surface area contributed by atoms with Crippen molar-refractivity contribution in [2.24, 2.45) is 5.92 Å². The molecule has 0 unspecified atom stereocenters. The number of carbonyl (C=O) groups excluding carboxylic acids is 1. The van der Waals surface area contributed by atoms with Crippen molar-refractivity contribution in [1.82, 2.24) is 10.2 Å². The van der Waals surface area contributed by atoms with Crippen LogP contribution in [0, 0.1) is 5.92 Å². The minimum Gasteiger partial charge on any atom is -0.338 e. The molecule has 15 heavy (non-hydrogen) atoms. The molecule has 2 saturated carbocycles. The standard InChI is InChI=1S/C12H20N2O/c15-12(11-2-1-7-13-11)14(10-5-6-10)8-9-3-4-9/h9-11,13H,1-8H2/t11-/m1/s1. The molecule has 0 radical (unpaired) electrons. The Labute approximate surface area is 91.2 Å². The fourth-order valence-corrected chi connectivity index (χ4v) is 2.48. The van der Waals surface area contributed by atoms with Crippen molar-refractivity contribution in [3.8, 4) is 0 Å². The van der Waals surface area contributed by atoms with Crippen LogP contribution in [0.3, 0.4) is 0 Å². The molecule has 0 spiro atoms. The van der Waals surface area contributed by atoms with Gasteiger partial charge in [0, 0.05) is 12.6 Å². The van der Waals surface area contributed by atoms with Crippen LogP contribution >= 0.6 is 0 Å². The Balaban J connectivity index is 1.61. The molecule has 1 amide bonds. The lowest BCUT2D eigenvalue weighted by atomic mass is 10.2. The molecule has 1 atom stereocenters. The summed E-state index contributed by atoms with van der Waals surface area (Å²) in [6.07, 6.45) is 7.38. The van der Waals surface area contributed by atoms with E-state index in [1.165, 1.54) is 32.1 Å². The predicted molar refractivity (Wildman–Crippen MR) is 58.5 cm³/mol. The molecule has 3 aliphatic rings. The lowest BCUT2D eigenvalue weighted by Gasteiger charge is -2.25. The maximum absolute atomic E-state index is 12.3. The summed E-state index contributed by atoms with van der Waals surface area (Å²) in [6, 6.07) is 0.741. The van der Waals surface area contributed by atoms with Crippen LogP contribution < -0.4 is 5.32 Å². The van der Waals surface area contributed by atoms with E-state index in [0.29, 0.717) is 11.9 Å². The minimum atomic E-state index is 0.143. The van der Waals surface area contributed by atoms with Gasteiger partial charge in [-0.25, -0.2) is 0 Å². The molecule has 1 N–H and O–H groups in total. The maximum Gasteiger partial charge on any atom is 0.239 e. The quantitative estimate of drug-likeness (QED) is 0.751. The molecule has 3 rings (SSSR count). The summed E-state index contributed by atoms with van der Waals surface area (Å²) in [5.74, 6) is 1.22. The summed E-state index contributed by atoms with van der Waals surface area (Å²) < 4.78 is 0. The van der Waals surface area contributed by atoms with Gasteiger partial charge in [0.25, 0.3) is 0 Å². The minimum absolute atomic E-state index is 0.143. The largest absolute Gasteiger partial charge is 0.338 e. The highest BCUT2D eigenvalue weighted by Gasteiger charge is 2.39. The molecule has 3 fully saturated rings. The third kappa shape index (κ3) is 2.17. The SMILES string of the molecule is O=C([C@H]1CCCN1)N(CC1CC1)C1CC1. The Morgan fingerprint density at radius 2 is 2.00 bits per heavy atom. The van der Waals surface area contributed by atoms with Gasteiger partial charge in [-0.15, -0.1) is 0 Å². The van der Waals surface area contributed by atoms with Crippen LogP contribution in [0.1, 0.15) is 38.5 Å². The van der Waals surface area contributed by atoms with Crippen LogP contribution in [-0.4, -0.2) is 36.0 Å². The molecule has 0 bridgehead atoms. The summed E-state index contributed by atoms with van der Waals surface area (Å²) in [5, 5.41) is 3.32. The zero-order valence-electron chi connectivity index (χ0n) is 9.24. The van der Waals surface area contributed by atoms with E-state index in [9.17, 15) is 4.79 Å². The number of amides is 1. The second-order valence-corrected chi connectivity index (χ2v) is 5.31. The third-order valence-corrected chi connectivity index (χ3v) is 3.78. The van der Waals surface area contributed by atoms with Crippen molar-refractivity contribution in [2.45, 2.75) is 50.6 Å². The molecule has 3 nitrogen and oxygen atoms in total. The predicted octanol–water partition coefficient (Wildman–Crippen LogP) is 1.14. The van der Waals surface area contributed by atoms with Crippen LogP contribution in [-0.2, 0) is 4.79 Å². The molecule has 0 aromatic carbocycles. The summed E-state index contributed by atoms with van der Waals surface area (Å²) in [7, 11) is 0. The van der Waals surface area contributed by atoms with Crippen molar-refractivity contribution < 1.29 is 4.79 Å². The van der Waals surface area contributed by atoms with E-state index in [1.54, 1.807) is 0 Å². The van der Waals surface area contributed by atoms with Gasteiger partial charge >= 0.3 is 0 Å². The fraction of sp³-hybridized carbons (Fsp3) is 0.917. The average Bonchev–Trinajstić information content (AvgIpc) is 3.14. The number of nitrogens with one attached hydrogen (secondary N) is 1. The topological polar surface area (TPSA) is 32.3 Å². The van der Waals surface area contributed by atoms with Crippen molar-refractivity contribution in [2.75, 3.05) is 13.1 Å². The van der Waals surface area contributed by atoms with Gasteiger partial charge in [0.2, 0.25) is 5.91 Å². The van der Waals surface area contributed by atoms with Gasteiger partial charge in [0.05, 0.1) is 6.04 Å². The van der Waals surface area contributed by atoms with Gasteiger partial charge in [-0.2, -0.15) is 0 Å². The highest BCUT2D eigenvalue weighted by atomic mass is 16.2. The highest BCUT2D eigenvalue weighted by molar-refractivity contribution is 5.82. The van der Waals surface area contributed by atoms with Gasteiger partial charge in [0.15, 0.2) is 0 Å². The Morgan fingerprint density at radius 1 is 1.20 bits per heavy atom. The monoisotopic (exact) mass is 208 g/mol. The molecule has 3 heteroatoms. The van der Waals surface area contributed by atoms with E-state index in [1.807, 2.05) is 0 Å². The van der Waals surface area contributed by atoms with Crippen LogP contribution in [0.2, 0.25) is 0 Å². The zero-order chi connectivity index (χ0) is 10.3. The first-order valence-corrected chi connectivity index (χ1v) is 6.38. The molecule has 2 aliphatic carbocycles. The van der Waals surface area contributed by atoms with Crippen molar-refractivity contribution in [1.29, 1.82) is 0 Å². The molecule has 1 aliphatic heterocycles. The first-order chi connectivity index (χ1) is 7.34. The van der Waals surface area contributed by atoms with Gasteiger partial charge in [-0.3, -0.25) is 4.79 Å². The molecular weight excluding hydrogens is 188 g/mol. The van der Waals surface area contributed by atoms with Crippen molar-refractivity contribution in [3.05, 3.63) is 0 Å². The Bertz CT molecular complexity index is 252. The highest BCUT2D eigenvalue weighted by Crippen LogP contribution is 2.35. The first-order valence-electron chi connectivity index (χ1n) is 6.38. The second-order valence-electron chi connectivity index (χ2n) is 5.31. The molecule has 1 saturated heterocycles. The van der Waals surface area contributed by atoms with Gasteiger partial charge in [-0.1, -0.05) is 0 Å². The lowest BCUT2D eigenvalue weighted by Crippen LogP contribution is -2.45. The van der Waals surface area contributed by atoms with Crippen LogP contribution in [0.25, 0.3) is 0 Å². The smallest absolute Gasteiger partial charge is 0.239 e. The summed E-state index contributed by atoms with van der Waals surface area (Å²) >= 11 is 0. The van der Waals surface area contributed by atoms with Gasteiger partial charge < -0.3 is 10.2 Å². The molecule has 0 aromatic heterocycles. The van der Waals surface area contributed by atoms with Crippen LogP contribution in [0.4, 0.5) is 0 Å². The molecular formula is C12H20N2O. The Kier molecular flexibility index (Phi) is 2.43. The van der Waals surface area contributed by atoms with Crippen LogP contribution in [0.15, 0.2) is 0 Å². The zero-order valence-corrected chi connectivity index (χ0v) is 9.24. The number of carbonyl (C=O) groups is 1. The van der Waals surface area contributed by atoms with E-state index in [4.69, 9.17) is 0 Å². The molecule has 84 valence electrons.